The number of piperazine rings is 1. The Bertz CT molecular complexity index is 1300. The highest BCUT2D eigenvalue weighted by Gasteiger charge is 2.34. The van der Waals surface area contributed by atoms with Crippen LogP contribution >= 0.6 is 0 Å². The molecule has 3 N–H and O–H groups in total. The van der Waals surface area contributed by atoms with Crippen LogP contribution in [0.15, 0.2) is 6.07 Å². The Morgan fingerprint density at radius 2 is 1.38 bits per heavy atom. The van der Waals surface area contributed by atoms with Gasteiger partial charge in [0.05, 0.1) is 13.2 Å². The van der Waals surface area contributed by atoms with Gasteiger partial charge in [-0.1, -0.05) is 19.3 Å². The van der Waals surface area contributed by atoms with Gasteiger partial charge < -0.3 is 40.0 Å². The Kier molecular flexibility index (Phi) is 15.0. The Balaban J connectivity index is 1.31. The molecule has 1 saturated heterocycles. The fourth-order valence-corrected chi connectivity index (χ4v) is 7.41. The number of nitrogen functional groups attached to an aromatic ring is 1. The van der Waals surface area contributed by atoms with Gasteiger partial charge in [0.15, 0.2) is 0 Å². The molecule has 0 atom stereocenters. The van der Waals surface area contributed by atoms with E-state index in [-0.39, 0.29) is 30.2 Å². The summed E-state index contributed by atoms with van der Waals surface area (Å²) in [5.41, 5.74) is 5.03. The molecule has 2 amide bonds. The predicted molar refractivity (Wildman–Crippen MR) is 203 cm³/mol. The number of carbonyl (C=O) groups excluding carboxylic acids is 3. The van der Waals surface area contributed by atoms with Crippen molar-refractivity contribution in [2.45, 2.75) is 136 Å². The molecular weight excluding hydrogens is 664 g/mol. The molecule has 0 spiro atoms. The average Bonchev–Trinajstić information content (AvgIpc) is 3.07. The van der Waals surface area contributed by atoms with E-state index in [2.05, 4.69) is 20.1 Å². The molecule has 2 aliphatic carbocycles. The molecule has 0 aromatic carbocycles. The van der Waals surface area contributed by atoms with Gasteiger partial charge in [0, 0.05) is 64.0 Å². The van der Waals surface area contributed by atoms with Crippen LogP contribution in [0, 0.1) is 5.92 Å². The number of amides is 2. The largest absolute Gasteiger partial charge is 0.465 e. The van der Waals surface area contributed by atoms with E-state index in [1.54, 1.807) is 6.07 Å². The highest BCUT2D eigenvalue weighted by atomic mass is 16.6. The van der Waals surface area contributed by atoms with E-state index in [0.29, 0.717) is 56.9 Å². The Morgan fingerprint density at radius 1 is 0.827 bits per heavy atom. The van der Waals surface area contributed by atoms with Gasteiger partial charge in [-0.15, -0.1) is 0 Å². The SMILES string of the molecule is CCOC(=O)CN1CCN(c2cc(N)nc(NCC3CCC(N(CCCN(C(=O)OC(C)(C)C)C4CCCCC4)C(=O)OC(C)(C)C)CC3)n2)CC1. The normalized spacial score (nSPS) is 20.6. The molecule has 1 aromatic rings. The van der Waals surface area contributed by atoms with Gasteiger partial charge in [0.1, 0.15) is 22.8 Å². The van der Waals surface area contributed by atoms with E-state index in [1.165, 1.54) is 6.42 Å². The van der Waals surface area contributed by atoms with Gasteiger partial charge in [0.2, 0.25) is 5.95 Å². The van der Waals surface area contributed by atoms with Gasteiger partial charge in [-0.2, -0.15) is 9.97 Å². The van der Waals surface area contributed by atoms with Crippen molar-refractivity contribution in [2.75, 3.05) is 74.9 Å². The van der Waals surface area contributed by atoms with Crippen LogP contribution in [0.4, 0.5) is 27.2 Å². The van der Waals surface area contributed by atoms with Crippen LogP contribution in [0.1, 0.15) is 113 Å². The maximum absolute atomic E-state index is 13.6. The molecule has 1 aromatic heterocycles. The molecule has 294 valence electrons. The molecule has 52 heavy (non-hydrogen) atoms. The monoisotopic (exact) mass is 731 g/mol. The van der Waals surface area contributed by atoms with E-state index in [1.807, 2.05) is 58.3 Å². The zero-order valence-electron chi connectivity index (χ0n) is 33.0. The molecule has 2 saturated carbocycles. The smallest absolute Gasteiger partial charge is 0.410 e. The lowest BCUT2D eigenvalue weighted by Gasteiger charge is -2.39. The number of nitrogens with two attached hydrogens (primary N) is 1. The summed E-state index contributed by atoms with van der Waals surface area (Å²) in [6.07, 6.45) is 9.14. The number of anilines is 3. The van der Waals surface area contributed by atoms with Crippen LogP contribution in [-0.4, -0.2) is 125 Å². The standard InChI is InChI=1S/C38H66N8O6/c1-8-50-33(47)27-43-21-23-44(24-22-43)32-25-31(39)41-34(42-32)40-26-28-15-17-30(18-16-28)46(36(49)52-38(5,6)7)20-12-19-45(29-13-10-9-11-14-29)35(48)51-37(2,3)4/h25,28-30H,8-24,26-27H2,1-7H3,(H3,39,40,41,42). The second-order valence-electron chi connectivity index (χ2n) is 16.6. The molecule has 0 radical (unpaired) electrons. The van der Waals surface area contributed by atoms with E-state index in [9.17, 15) is 14.4 Å². The third-order valence-corrected chi connectivity index (χ3v) is 9.96. The second-order valence-corrected chi connectivity index (χ2v) is 16.6. The quantitative estimate of drug-likeness (QED) is 0.183. The number of hydrogen-bond acceptors (Lipinski definition) is 12. The highest BCUT2D eigenvalue weighted by Crippen LogP contribution is 2.30. The Hall–Kier alpha value is -3.55. The minimum absolute atomic E-state index is 0.0634. The third kappa shape index (κ3) is 13.5. The summed E-state index contributed by atoms with van der Waals surface area (Å²) < 4.78 is 16.8. The van der Waals surface area contributed by atoms with Crippen molar-refractivity contribution in [1.29, 1.82) is 0 Å². The summed E-state index contributed by atoms with van der Waals surface area (Å²) in [6.45, 7) is 18.6. The third-order valence-electron chi connectivity index (χ3n) is 9.96. The summed E-state index contributed by atoms with van der Waals surface area (Å²) in [5, 5.41) is 3.43. The highest BCUT2D eigenvalue weighted by molar-refractivity contribution is 5.71. The lowest BCUT2D eigenvalue weighted by Crippen LogP contribution is -2.48. The van der Waals surface area contributed by atoms with Gasteiger partial charge in [-0.25, -0.2) is 9.59 Å². The molecule has 14 nitrogen and oxygen atoms in total. The first-order chi connectivity index (χ1) is 24.6. The van der Waals surface area contributed by atoms with Crippen molar-refractivity contribution in [1.82, 2.24) is 24.7 Å². The molecule has 1 aliphatic heterocycles. The molecule has 3 fully saturated rings. The zero-order valence-corrected chi connectivity index (χ0v) is 33.0. The average molecular weight is 731 g/mol. The van der Waals surface area contributed by atoms with Gasteiger partial charge in [-0.05, 0) is 99.3 Å². The minimum Gasteiger partial charge on any atom is -0.465 e. The Labute approximate surface area is 311 Å². The van der Waals surface area contributed by atoms with E-state index < -0.39 is 11.2 Å². The van der Waals surface area contributed by atoms with Crippen LogP contribution in [0.2, 0.25) is 0 Å². The molecule has 2 heterocycles. The number of hydrogen-bond donors (Lipinski definition) is 2. The van der Waals surface area contributed by atoms with Crippen LogP contribution in [0.25, 0.3) is 0 Å². The zero-order chi connectivity index (χ0) is 37.9. The number of ether oxygens (including phenoxy) is 3. The minimum atomic E-state index is -0.603. The number of aromatic nitrogens is 2. The first-order valence-electron chi connectivity index (χ1n) is 19.6. The van der Waals surface area contributed by atoms with Crippen LogP contribution in [0.3, 0.4) is 0 Å². The van der Waals surface area contributed by atoms with Gasteiger partial charge >= 0.3 is 18.2 Å². The summed E-state index contributed by atoms with van der Waals surface area (Å²) in [5.74, 6) is 1.89. The predicted octanol–water partition coefficient (Wildman–Crippen LogP) is 5.91. The van der Waals surface area contributed by atoms with Crippen LogP contribution in [-0.2, 0) is 19.0 Å². The number of rotatable bonds is 13. The summed E-state index contributed by atoms with van der Waals surface area (Å²) in [4.78, 5) is 56.1. The molecule has 4 rings (SSSR count). The fraction of sp³-hybridized carbons (Fsp3) is 0.816. The molecule has 3 aliphatic rings. The summed E-state index contributed by atoms with van der Waals surface area (Å²) in [7, 11) is 0. The number of carbonyl (C=O) groups is 3. The number of esters is 1. The molecule has 0 unspecified atom stereocenters. The van der Waals surface area contributed by atoms with Crippen molar-refractivity contribution < 1.29 is 28.6 Å². The van der Waals surface area contributed by atoms with Crippen molar-refractivity contribution >= 4 is 35.7 Å². The van der Waals surface area contributed by atoms with Crippen molar-refractivity contribution in [3.63, 3.8) is 0 Å². The maximum Gasteiger partial charge on any atom is 0.410 e. The van der Waals surface area contributed by atoms with E-state index >= 15 is 0 Å². The molecule has 14 heteroatoms. The fourth-order valence-electron chi connectivity index (χ4n) is 7.41. The molecule has 0 bridgehead atoms. The second kappa shape index (κ2) is 19.0. The summed E-state index contributed by atoms with van der Waals surface area (Å²) >= 11 is 0. The molecular formula is C38H66N8O6. The van der Waals surface area contributed by atoms with Crippen LogP contribution in [0.5, 0.6) is 0 Å². The van der Waals surface area contributed by atoms with Crippen molar-refractivity contribution in [3.05, 3.63) is 6.07 Å². The van der Waals surface area contributed by atoms with Gasteiger partial charge in [-0.3, -0.25) is 9.69 Å². The Morgan fingerprint density at radius 3 is 1.92 bits per heavy atom. The summed E-state index contributed by atoms with van der Waals surface area (Å²) in [6, 6.07) is 2.04. The first-order valence-corrected chi connectivity index (χ1v) is 19.6. The number of nitrogens with one attached hydrogen (secondary N) is 1. The maximum atomic E-state index is 13.6. The van der Waals surface area contributed by atoms with Crippen molar-refractivity contribution in [3.8, 4) is 0 Å². The van der Waals surface area contributed by atoms with E-state index in [0.717, 1.165) is 83.4 Å². The lowest BCUT2D eigenvalue weighted by atomic mass is 9.85. The van der Waals surface area contributed by atoms with Crippen molar-refractivity contribution in [2.24, 2.45) is 5.92 Å². The first kappa shape index (κ1) is 41.2. The van der Waals surface area contributed by atoms with E-state index in [4.69, 9.17) is 24.9 Å². The topological polar surface area (TPSA) is 156 Å². The lowest BCUT2D eigenvalue weighted by molar-refractivity contribution is -0.144. The van der Waals surface area contributed by atoms with Gasteiger partial charge in [0.25, 0.3) is 0 Å². The van der Waals surface area contributed by atoms with Crippen LogP contribution < -0.4 is 16.0 Å². The number of nitrogens with zero attached hydrogens (tertiary/aromatic N) is 6.